The molecule has 1 N–H and O–H groups in total. The molecule has 5 heteroatoms. The van der Waals surface area contributed by atoms with Crippen LogP contribution in [0.25, 0.3) is 0 Å². The number of aromatic nitrogens is 1. The van der Waals surface area contributed by atoms with Crippen LogP contribution in [0.15, 0.2) is 58.4 Å². The number of hydrogen-bond acceptors (Lipinski definition) is 2. The highest BCUT2D eigenvalue weighted by Gasteiger charge is 2.23. The summed E-state index contributed by atoms with van der Waals surface area (Å²) in [6.07, 6.45) is 3.11. The topological polar surface area (TPSA) is 49.6 Å². The van der Waals surface area contributed by atoms with Crippen molar-refractivity contribution < 1.29 is 0 Å². The van der Waals surface area contributed by atoms with Gasteiger partial charge in [-0.05, 0) is 35.4 Å². The van der Waals surface area contributed by atoms with Crippen LogP contribution in [0.4, 0.5) is 0 Å². The molecule has 1 saturated heterocycles. The maximum Gasteiger partial charge on any atom is 0.250 e. The number of pyridine rings is 1. The quantitative estimate of drug-likeness (QED) is 0.669. The Balaban J connectivity index is 1.58. The van der Waals surface area contributed by atoms with Crippen LogP contribution in [-0.4, -0.2) is 35.6 Å². The Morgan fingerprint density at radius 1 is 1.07 bits per heavy atom. The van der Waals surface area contributed by atoms with Crippen molar-refractivity contribution in [3.63, 3.8) is 0 Å². The molecule has 1 aliphatic rings. The molecule has 27 heavy (non-hydrogen) atoms. The summed E-state index contributed by atoms with van der Waals surface area (Å²) in [6, 6.07) is 13.6. The van der Waals surface area contributed by atoms with E-state index in [-0.39, 0.29) is 5.56 Å². The summed E-state index contributed by atoms with van der Waals surface area (Å²) in [4.78, 5) is 18.7. The summed E-state index contributed by atoms with van der Waals surface area (Å²) in [7, 11) is 1.85. The van der Waals surface area contributed by atoms with Crippen LogP contribution in [0, 0.1) is 11.8 Å². The summed E-state index contributed by atoms with van der Waals surface area (Å²) in [6.45, 7) is 8.10. The molecule has 2 heterocycles. The van der Waals surface area contributed by atoms with Gasteiger partial charge in [0.05, 0.1) is 6.54 Å². The van der Waals surface area contributed by atoms with Crippen LogP contribution in [0.1, 0.15) is 31.4 Å². The van der Waals surface area contributed by atoms with Crippen molar-refractivity contribution in [1.82, 2.24) is 14.8 Å². The number of nitrogens with zero attached hydrogens (tertiary/aromatic N) is 3. The van der Waals surface area contributed by atoms with Crippen molar-refractivity contribution in [2.75, 3.05) is 20.1 Å². The normalized spacial score (nSPS) is 20.6. The molecular formula is C22H30N4O. The van der Waals surface area contributed by atoms with Gasteiger partial charge in [0.15, 0.2) is 5.96 Å². The fraction of sp³-hybridized carbons (Fsp3) is 0.455. The van der Waals surface area contributed by atoms with E-state index in [9.17, 15) is 4.79 Å². The Bertz CT molecular complexity index is 815. The molecule has 1 aromatic carbocycles. The van der Waals surface area contributed by atoms with Gasteiger partial charge in [-0.1, -0.05) is 44.2 Å². The second-order valence-electron chi connectivity index (χ2n) is 7.74. The molecular weight excluding hydrogens is 336 g/mol. The molecule has 144 valence electrons. The number of aliphatic imine (C=N–C) groups is 1. The maximum absolute atomic E-state index is 11.8. The summed E-state index contributed by atoms with van der Waals surface area (Å²) in [5.74, 6) is 2.38. The molecule has 2 unspecified atom stereocenters. The molecule has 2 aromatic rings. The number of guanidine groups is 1. The Morgan fingerprint density at radius 2 is 1.74 bits per heavy atom. The minimum absolute atomic E-state index is 0.0250. The molecule has 1 aliphatic heterocycles. The van der Waals surface area contributed by atoms with E-state index in [1.54, 1.807) is 16.7 Å². The fourth-order valence-corrected chi connectivity index (χ4v) is 3.90. The first kappa shape index (κ1) is 19.2. The van der Waals surface area contributed by atoms with E-state index >= 15 is 0 Å². The van der Waals surface area contributed by atoms with Crippen molar-refractivity contribution in [2.24, 2.45) is 16.8 Å². The number of benzene rings is 1. The van der Waals surface area contributed by atoms with Crippen LogP contribution < -0.4 is 10.9 Å². The highest BCUT2D eigenvalue weighted by atomic mass is 16.1. The number of likely N-dealkylation sites (tertiary alicyclic amines) is 1. The molecule has 1 aromatic heterocycles. The van der Waals surface area contributed by atoms with Gasteiger partial charge in [0.25, 0.3) is 5.56 Å². The highest BCUT2D eigenvalue weighted by molar-refractivity contribution is 5.80. The van der Waals surface area contributed by atoms with Crippen LogP contribution in [0.5, 0.6) is 0 Å². The highest BCUT2D eigenvalue weighted by Crippen LogP contribution is 2.20. The van der Waals surface area contributed by atoms with Gasteiger partial charge in [-0.15, -0.1) is 0 Å². The van der Waals surface area contributed by atoms with E-state index in [1.165, 1.54) is 12.0 Å². The Kier molecular flexibility index (Phi) is 6.32. The number of hydrogen-bond donors (Lipinski definition) is 1. The first-order valence-corrected chi connectivity index (χ1v) is 9.74. The second kappa shape index (κ2) is 8.89. The van der Waals surface area contributed by atoms with E-state index in [0.29, 0.717) is 18.4 Å². The lowest BCUT2D eigenvalue weighted by Gasteiger charge is -2.37. The SMILES string of the molecule is CN=C(NCc1ccc(Cn2ccccc2=O)cc1)N1CC(C)CC(C)C1. The average molecular weight is 367 g/mol. The predicted molar refractivity (Wildman–Crippen MR) is 111 cm³/mol. The number of piperidine rings is 1. The van der Waals surface area contributed by atoms with Crippen LogP contribution in [0.3, 0.4) is 0 Å². The van der Waals surface area contributed by atoms with Gasteiger partial charge in [0, 0.05) is 38.9 Å². The molecule has 0 radical (unpaired) electrons. The smallest absolute Gasteiger partial charge is 0.250 e. The zero-order chi connectivity index (χ0) is 19.2. The van der Waals surface area contributed by atoms with Gasteiger partial charge in [-0.25, -0.2) is 0 Å². The lowest BCUT2D eigenvalue weighted by Crippen LogP contribution is -2.48. The lowest BCUT2D eigenvalue weighted by molar-refractivity contribution is 0.208. The molecule has 1 fully saturated rings. The molecule has 0 aliphatic carbocycles. The van der Waals surface area contributed by atoms with E-state index in [2.05, 4.69) is 53.3 Å². The predicted octanol–water partition coefficient (Wildman–Crippen LogP) is 2.95. The maximum atomic E-state index is 11.8. The Morgan fingerprint density at radius 3 is 2.37 bits per heavy atom. The first-order chi connectivity index (χ1) is 13.0. The number of rotatable bonds is 4. The van der Waals surface area contributed by atoms with Crippen molar-refractivity contribution >= 4 is 5.96 Å². The lowest BCUT2D eigenvalue weighted by atomic mass is 9.92. The van der Waals surface area contributed by atoms with Crippen molar-refractivity contribution in [3.05, 3.63) is 70.1 Å². The molecule has 5 nitrogen and oxygen atoms in total. The second-order valence-corrected chi connectivity index (χ2v) is 7.74. The summed E-state index contributed by atoms with van der Waals surface area (Å²) in [5, 5.41) is 3.50. The molecule has 0 saturated carbocycles. The van der Waals surface area contributed by atoms with Gasteiger partial charge in [-0.3, -0.25) is 9.79 Å². The fourth-order valence-electron chi connectivity index (χ4n) is 3.90. The van der Waals surface area contributed by atoms with Gasteiger partial charge >= 0.3 is 0 Å². The summed E-state index contributed by atoms with van der Waals surface area (Å²) < 4.78 is 1.72. The van der Waals surface area contributed by atoms with E-state index in [0.717, 1.165) is 31.2 Å². The van der Waals surface area contributed by atoms with Gasteiger partial charge in [-0.2, -0.15) is 0 Å². The van der Waals surface area contributed by atoms with E-state index in [1.807, 2.05) is 19.3 Å². The standard InChI is InChI=1S/C22H30N4O/c1-17-12-18(2)15-26(14-17)22(23-3)24-13-19-7-9-20(10-8-19)16-25-11-5-4-6-21(25)27/h4-11,17-18H,12-16H2,1-3H3,(H,23,24). The molecule has 0 spiro atoms. The summed E-state index contributed by atoms with van der Waals surface area (Å²) in [5.41, 5.74) is 2.35. The molecule has 0 amide bonds. The molecule has 3 rings (SSSR count). The summed E-state index contributed by atoms with van der Waals surface area (Å²) >= 11 is 0. The monoisotopic (exact) mass is 366 g/mol. The zero-order valence-corrected chi connectivity index (χ0v) is 16.6. The first-order valence-electron chi connectivity index (χ1n) is 9.74. The van der Waals surface area contributed by atoms with E-state index < -0.39 is 0 Å². The minimum Gasteiger partial charge on any atom is -0.352 e. The van der Waals surface area contributed by atoms with E-state index in [4.69, 9.17) is 0 Å². The largest absolute Gasteiger partial charge is 0.352 e. The van der Waals surface area contributed by atoms with Crippen LogP contribution >= 0.6 is 0 Å². The van der Waals surface area contributed by atoms with Gasteiger partial charge in [0.2, 0.25) is 0 Å². The number of nitrogens with one attached hydrogen (secondary N) is 1. The van der Waals surface area contributed by atoms with Crippen molar-refractivity contribution in [1.29, 1.82) is 0 Å². The van der Waals surface area contributed by atoms with Gasteiger partial charge < -0.3 is 14.8 Å². The third-order valence-corrected chi connectivity index (χ3v) is 5.11. The average Bonchev–Trinajstić information content (AvgIpc) is 2.65. The third kappa shape index (κ3) is 5.22. The van der Waals surface area contributed by atoms with Gasteiger partial charge in [0.1, 0.15) is 0 Å². The van der Waals surface area contributed by atoms with Crippen molar-refractivity contribution in [3.8, 4) is 0 Å². The van der Waals surface area contributed by atoms with Crippen LogP contribution in [0.2, 0.25) is 0 Å². The Labute approximate surface area is 161 Å². The van der Waals surface area contributed by atoms with Crippen LogP contribution in [-0.2, 0) is 13.1 Å². The minimum atomic E-state index is 0.0250. The zero-order valence-electron chi connectivity index (χ0n) is 16.6. The Hall–Kier alpha value is -2.56. The third-order valence-electron chi connectivity index (χ3n) is 5.11. The molecule has 2 atom stereocenters. The molecule has 0 bridgehead atoms. The van der Waals surface area contributed by atoms with Crippen molar-refractivity contribution in [2.45, 2.75) is 33.4 Å².